The van der Waals surface area contributed by atoms with Crippen LogP contribution in [0.1, 0.15) is 29.6 Å². The van der Waals surface area contributed by atoms with Crippen LogP contribution in [0.25, 0.3) is 0 Å². The molecule has 6 nitrogen and oxygen atoms in total. The van der Waals surface area contributed by atoms with Crippen LogP contribution in [0.2, 0.25) is 0 Å². The number of hydrogen-bond acceptors (Lipinski definition) is 5. The molecule has 0 radical (unpaired) electrons. The van der Waals surface area contributed by atoms with Crippen molar-refractivity contribution in [2.24, 2.45) is 0 Å². The molecule has 0 saturated carbocycles. The van der Waals surface area contributed by atoms with E-state index in [4.69, 9.17) is 5.11 Å². The van der Waals surface area contributed by atoms with Gasteiger partial charge < -0.3 is 10.0 Å². The van der Waals surface area contributed by atoms with Crippen molar-refractivity contribution >= 4 is 5.82 Å². The van der Waals surface area contributed by atoms with Gasteiger partial charge in [-0.05, 0) is 13.3 Å². The lowest BCUT2D eigenvalue weighted by Crippen LogP contribution is -2.20. The highest BCUT2D eigenvalue weighted by Gasteiger charge is 2.26. The molecular formula is C14H19N5O. The van der Waals surface area contributed by atoms with Gasteiger partial charge in [0.2, 0.25) is 0 Å². The van der Waals surface area contributed by atoms with Gasteiger partial charge in [0.25, 0.3) is 0 Å². The highest BCUT2D eigenvalue weighted by atomic mass is 16.3. The molecule has 0 fully saturated rings. The van der Waals surface area contributed by atoms with Crippen LogP contribution in [-0.2, 0) is 26.1 Å². The van der Waals surface area contributed by atoms with Crippen LogP contribution in [-0.4, -0.2) is 31.5 Å². The van der Waals surface area contributed by atoms with Gasteiger partial charge in [0.1, 0.15) is 11.6 Å². The SMILES string of the molecule is CCc1cnc(C)nc1N1Cc2cnn(CCO)c2C1. The smallest absolute Gasteiger partial charge is 0.136 e. The molecular weight excluding hydrogens is 254 g/mol. The normalized spacial score (nSPS) is 13.8. The summed E-state index contributed by atoms with van der Waals surface area (Å²) in [6.07, 6.45) is 4.73. The second kappa shape index (κ2) is 5.20. The summed E-state index contributed by atoms with van der Waals surface area (Å²) in [5.41, 5.74) is 3.57. The lowest BCUT2D eigenvalue weighted by atomic mass is 10.2. The average molecular weight is 273 g/mol. The van der Waals surface area contributed by atoms with Crippen molar-refractivity contribution in [3.63, 3.8) is 0 Å². The summed E-state index contributed by atoms with van der Waals surface area (Å²) in [6, 6.07) is 0. The van der Waals surface area contributed by atoms with Gasteiger partial charge in [0.15, 0.2) is 0 Å². The third kappa shape index (κ3) is 2.16. The van der Waals surface area contributed by atoms with E-state index in [2.05, 4.69) is 26.9 Å². The van der Waals surface area contributed by atoms with Gasteiger partial charge in [0.05, 0.1) is 31.6 Å². The summed E-state index contributed by atoms with van der Waals surface area (Å²) in [6.45, 7) is 6.31. The van der Waals surface area contributed by atoms with Crippen molar-refractivity contribution in [1.29, 1.82) is 0 Å². The highest BCUT2D eigenvalue weighted by Crippen LogP contribution is 2.29. The lowest BCUT2D eigenvalue weighted by molar-refractivity contribution is 0.267. The zero-order valence-corrected chi connectivity index (χ0v) is 11.9. The van der Waals surface area contributed by atoms with Gasteiger partial charge in [-0.1, -0.05) is 6.92 Å². The largest absolute Gasteiger partial charge is 0.394 e. The molecule has 2 aromatic heterocycles. The molecule has 1 aliphatic heterocycles. The van der Waals surface area contributed by atoms with Crippen LogP contribution in [0.5, 0.6) is 0 Å². The first kappa shape index (κ1) is 13.1. The number of hydrogen-bond donors (Lipinski definition) is 1. The Hall–Kier alpha value is -1.95. The van der Waals surface area contributed by atoms with Crippen LogP contribution < -0.4 is 4.90 Å². The van der Waals surface area contributed by atoms with Crippen LogP contribution in [0, 0.1) is 6.92 Å². The number of aryl methyl sites for hydroxylation is 2. The standard InChI is InChI=1S/C14H19N5O/c1-3-11-6-15-10(2)17-14(11)18-8-12-7-16-19(4-5-20)13(12)9-18/h6-7,20H,3-5,8-9H2,1-2H3. The maximum Gasteiger partial charge on any atom is 0.136 e. The lowest BCUT2D eigenvalue weighted by Gasteiger charge is -2.20. The summed E-state index contributed by atoms with van der Waals surface area (Å²) in [4.78, 5) is 11.1. The van der Waals surface area contributed by atoms with E-state index in [1.807, 2.05) is 24.0 Å². The second-order valence-corrected chi connectivity index (χ2v) is 5.04. The van der Waals surface area contributed by atoms with Crippen molar-refractivity contribution in [3.05, 3.63) is 35.0 Å². The van der Waals surface area contributed by atoms with Crippen molar-refractivity contribution in [2.45, 2.75) is 39.9 Å². The third-order valence-electron chi connectivity index (χ3n) is 3.69. The fourth-order valence-electron chi connectivity index (χ4n) is 2.65. The van der Waals surface area contributed by atoms with Gasteiger partial charge >= 0.3 is 0 Å². The molecule has 0 aromatic carbocycles. The minimum atomic E-state index is 0.112. The Morgan fingerprint density at radius 2 is 2.15 bits per heavy atom. The molecule has 2 aromatic rings. The van der Waals surface area contributed by atoms with E-state index in [1.165, 1.54) is 16.8 Å². The van der Waals surface area contributed by atoms with Crippen molar-refractivity contribution in [3.8, 4) is 0 Å². The molecule has 3 rings (SSSR count). The number of aliphatic hydroxyl groups excluding tert-OH is 1. The molecule has 0 amide bonds. The Labute approximate surface area is 118 Å². The van der Waals surface area contributed by atoms with E-state index in [0.717, 1.165) is 31.2 Å². The Morgan fingerprint density at radius 3 is 2.90 bits per heavy atom. The molecule has 20 heavy (non-hydrogen) atoms. The number of aliphatic hydroxyl groups is 1. The van der Waals surface area contributed by atoms with E-state index in [-0.39, 0.29) is 6.61 Å². The van der Waals surface area contributed by atoms with Gasteiger partial charge in [-0.3, -0.25) is 4.68 Å². The van der Waals surface area contributed by atoms with E-state index in [1.54, 1.807) is 0 Å². The molecule has 1 N–H and O–H groups in total. The van der Waals surface area contributed by atoms with Gasteiger partial charge in [-0.25, -0.2) is 9.97 Å². The highest BCUT2D eigenvalue weighted by molar-refractivity contribution is 5.50. The number of fused-ring (bicyclic) bond motifs is 1. The summed E-state index contributed by atoms with van der Waals surface area (Å²) in [5.74, 6) is 1.82. The molecule has 0 unspecified atom stereocenters. The van der Waals surface area contributed by atoms with Crippen LogP contribution in [0.3, 0.4) is 0 Å². The fraction of sp³-hybridized carbons (Fsp3) is 0.500. The Kier molecular flexibility index (Phi) is 3.40. The Balaban J connectivity index is 1.90. The fourth-order valence-corrected chi connectivity index (χ4v) is 2.65. The molecule has 3 heterocycles. The number of nitrogens with zero attached hydrogens (tertiary/aromatic N) is 5. The molecule has 6 heteroatoms. The number of anilines is 1. The van der Waals surface area contributed by atoms with Gasteiger partial charge in [0, 0.05) is 23.9 Å². The number of rotatable bonds is 4. The maximum atomic E-state index is 9.08. The van der Waals surface area contributed by atoms with Crippen molar-refractivity contribution in [1.82, 2.24) is 19.7 Å². The van der Waals surface area contributed by atoms with Crippen molar-refractivity contribution < 1.29 is 5.11 Å². The zero-order chi connectivity index (χ0) is 14.1. The van der Waals surface area contributed by atoms with E-state index < -0.39 is 0 Å². The van der Waals surface area contributed by atoms with E-state index in [0.29, 0.717) is 6.54 Å². The minimum absolute atomic E-state index is 0.112. The quantitative estimate of drug-likeness (QED) is 0.902. The van der Waals surface area contributed by atoms with Gasteiger partial charge in [-0.15, -0.1) is 0 Å². The monoisotopic (exact) mass is 273 g/mol. The van der Waals surface area contributed by atoms with E-state index in [9.17, 15) is 0 Å². The number of aromatic nitrogens is 4. The molecule has 0 aliphatic carbocycles. The molecule has 0 atom stereocenters. The average Bonchev–Trinajstić information content (AvgIpc) is 3.01. The van der Waals surface area contributed by atoms with E-state index >= 15 is 0 Å². The molecule has 1 aliphatic rings. The summed E-state index contributed by atoms with van der Waals surface area (Å²) in [5, 5.41) is 13.4. The second-order valence-electron chi connectivity index (χ2n) is 5.04. The zero-order valence-electron chi connectivity index (χ0n) is 11.9. The maximum absolute atomic E-state index is 9.08. The molecule has 106 valence electrons. The Morgan fingerprint density at radius 1 is 1.30 bits per heavy atom. The molecule has 0 spiro atoms. The molecule has 0 saturated heterocycles. The molecule has 0 bridgehead atoms. The van der Waals surface area contributed by atoms with Gasteiger partial charge in [-0.2, -0.15) is 5.10 Å². The van der Waals surface area contributed by atoms with Crippen LogP contribution in [0.4, 0.5) is 5.82 Å². The first-order chi connectivity index (χ1) is 9.72. The summed E-state index contributed by atoms with van der Waals surface area (Å²) >= 11 is 0. The topological polar surface area (TPSA) is 67.1 Å². The third-order valence-corrected chi connectivity index (χ3v) is 3.69. The van der Waals surface area contributed by atoms with Crippen LogP contribution >= 0.6 is 0 Å². The van der Waals surface area contributed by atoms with Crippen LogP contribution in [0.15, 0.2) is 12.4 Å². The first-order valence-corrected chi connectivity index (χ1v) is 6.94. The predicted molar refractivity (Wildman–Crippen MR) is 75.3 cm³/mol. The Bertz CT molecular complexity index is 622. The summed E-state index contributed by atoms with van der Waals surface area (Å²) in [7, 11) is 0. The first-order valence-electron chi connectivity index (χ1n) is 6.94. The van der Waals surface area contributed by atoms with Crippen molar-refractivity contribution in [2.75, 3.05) is 11.5 Å². The predicted octanol–water partition coefficient (Wildman–Crippen LogP) is 1.06. The summed E-state index contributed by atoms with van der Waals surface area (Å²) < 4.78 is 1.88. The minimum Gasteiger partial charge on any atom is -0.394 e.